The van der Waals surface area contributed by atoms with Gasteiger partial charge in [-0.15, -0.1) is 10.2 Å². The molecule has 1 atom stereocenters. The largest absolute Gasteiger partial charge is 0.451 e. The van der Waals surface area contributed by atoms with Crippen molar-refractivity contribution in [2.24, 2.45) is 0 Å². The van der Waals surface area contributed by atoms with Crippen LogP contribution in [0.25, 0.3) is 0 Å². The molecule has 2 aromatic carbocycles. The van der Waals surface area contributed by atoms with E-state index in [1.807, 2.05) is 0 Å². The van der Waals surface area contributed by atoms with Crippen molar-refractivity contribution in [3.05, 3.63) is 81.9 Å². The molecular weight excluding hydrogens is 462 g/mol. The summed E-state index contributed by atoms with van der Waals surface area (Å²) in [6.07, 6.45) is -9.54. The second kappa shape index (κ2) is 7.80. The van der Waals surface area contributed by atoms with Crippen LogP contribution in [0.15, 0.2) is 48.5 Å². The minimum Gasteiger partial charge on any atom is -0.322 e. The zero-order chi connectivity index (χ0) is 23.3. The van der Waals surface area contributed by atoms with Crippen LogP contribution in [0.5, 0.6) is 0 Å². The molecule has 4 rings (SSSR count). The average Bonchev–Trinajstić information content (AvgIpc) is 3.17. The summed E-state index contributed by atoms with van der Waals surface area (Å²) in [6, 6.07) is 9.91. The zero-order valence-electron chi connectivity index (χ0n) is 16.0. The molecule has 1 aliphatic heterocycles. The molecule has 5 nitrogen and oxygen atoms in total. The van der Waals surface area contributed by atoms with E-state index in [1.165, 1.54) is 0 Å². The van der Waals surface area contributed by atoms with Crippen LogP contribution < -0.4 is 0 Å². The third-order valence-electron chi connectivity index (χ3n) is 5.06. The fourth-order valence-corrected chi connectivity index (χ4v) is 3.99. The molecule has 0 N–H and O–H groups in total. The molecular formula is C20H13ClF6N4O. The molecule has 1 aliphatic rings. The molecule has 32 heavy (non-hydrogen) atoms. The molecule has 0 spiro atoms. The van der Waals surface area contributed by atoms with Crippen molar-refractivity contribution in [2.45, 2.75) is 24.9 Å². The Bertz CT molecular complexity index is 1160. The molecule has 0 radical (unpaired) electrons. The van der Waals surface area contributed by atoms with Gasteiger partial charge in [0.2, 0.25) is 5.82 Å². The monoisotopic (exact) mass is 474 g/mol. The summed E-state index contributed by atoms with van der Waals surface area (Å²) in [5.74, 6) is -2.22. The summed E-state index contributed by atoms with van der Waals surface area (Å²) < 4.78 is 80.6. The first kappa shape index (κ1) is 22.1. The van der Waals surface area contributed by atoms with Crippen molar-refractivity contribution in [3.8, 4) is 0 Å². The minimum atomic E-state index is -4.78. The van der Waals surface area contributed by atoms with Crippen LogP contribution in [-0.4, -0.2) is 32.1 Å². The number of carbonyl (C=O) groups is 1. The molecule has 0 bridgehead atoms. The lowest BCUT2D eigenvalue weighted by Crippen LogP contribution is -2.43. The topological polar surface area (TPSA) is 51.0 Å². The molecule has 12 heteroatoms. The maximum Gasteiger partial charge on any atom is 0.451 e. The molecule has 0 fully saturated rings. The van der Waals surface area contributed by atoms with Crippen LogP contribution in [0.2, 0.25) is 5.02 Å². The Balaban J connectivity index is 1.83. The highest BCUT2D eigenvalue weighted by Gasteiger charge is 2.44. The van der Waals surface area contributed by atoms with Crippen LogP contribution in [0, 0.1) is 0 Å². The molecule has 168 valence electrons. The standard InChI is InChI=1S/C20H13ClF6N4O/c21-14-12(7-4-8-13(14)19(22,23)24)17(32)30-9-10-31-16(28-29-18(31)20(25,26)27)15(30)11-5-2-1-3-6-11/h1-8,15H,9-10H2/t15-/m0/s1. The van der Waals surface area contributed by atoms with Gasteiger partial charge in [-0.3, -0.25) is 4.79 Å². The van der Waals surface area contributed by atoms with E-state index in [0.717, 1.165) is 27.7 Å². The van der Waals surface area contributed by atoms with Crippen LogP contribution in [0.4, 0.5) is 26.3 Å². The Hall–Kier alpha value is -3.08. The third-order valence-corrected chi connectivity index (χ3v) is 5.47. The van der Waals surface area contributed by atoms with Crippen molar-refractivity contribution in [1.82, 2.24) is 19.7 Å². The summed E-state index contributed by atoms with van der Waals surface area (Å²) in [5, 5.41) is 6.15. The Labute approximate surface area is 182 Å². The van der Waals surface area contributed by atoms with Crippen LogP contribution in [0.3, 0.4) is 0 Å². The molecule has 0 saturated carbocycles. The van der Waals surface area contributed by atoms with Crippen molar-refractivity contribution in [3.63, 3.8) is 0 Å². The number of nitrogens with zero attached hydrogens (tertiary/aromatic N) is 4. The summed E-state index contributed by atoms with van der Waals surface area (Å²) in [4.78, 5) is 14.4. The first-order valence-electron chi connectivity index (χ1n) is 9.22. The van der Waals surface area contributed by atoms with Crippen molar-refractivity contribution in [2.75, 3.05) is 6.54 Å². The number of carbonyl (C=O) groups excluding carboxylic acids is 1. The normalized spacial score (nSPS) is 16.7. The van der Waals surface area contributed by atoms with E-state index in [0.29, 0.717) is 5.56 Å². The highest BCUT2D eigenvalue weighted by Crippen LogP contribution is 2.39. The van der Waals surface area contributed by atoms with E-state index < -0.39 is 46.3 Å². The van der Waals surface area contributed by atoms with E-state index in [1.54, 1.807) is 30.3 Å². The van der Waals surface area contributed by atoms with E-state index >= 15 is 0 Å². The summed E-state index contributed by atoms with van der Waals surface area (Å²) in [5.41, 5.74) is -1.17. The molecule has 1 amide bonds. The molecule has 3 aromatic rings. The van der Waals surface area contributed by atoms with E-state index in [9.17, 15) is 31.1 Å². The van der Waals surface area contributed by atoms with Crippen molar-refractivity contribution < 1.29 is 31.1 Å². The Kier molecular flexibility index (Phi) is 5.40. The number of halogens is 7. The highest BCUT2D eigenvalue weighted by atomic mass is 35.5. The lowest BCUT2D eigenvalue weighted by atomic mass is 10.0. The van der Waals surface area contributed by atoms with Gasteiger partial charge in [0.1, 0.15) is 6.04 Å². The quantitative estimate of drug-likeness (QED) is 0.479. The smallest absolute Gasteiger partial charge is 0.322 e. The fourth-order valence-electron chi connectivity index (χ4n) is 3.68. The van der Waals surface area contributed by atoms with E-state index in [-0.39, 0.29) is 18.9 Å². The van der Waals surface area contributed by atoms with Gasteiger partial charge in [0.25, 0.3) is 5.91 Å². The Morgan fingerprint density at radius 1 is 0.906 bits per heavy atom. The number of hydrogen-bond acceptors (Lipinski definition) is 3. The van der Waals surface area contributed by atoms with E-state index in [2.05, 4.69) is 10.2 Å². The van der Waals surface area contributed by atoms with Crippen LogP contribution >= 0.6 is 11.6 Å². The Morgan fingerprint density at radius 2 is 1.59 bits per heavy atom. The number of rotatable bonds is 2. The van der Waals surface area contributed by atoms with E-state index in [4.69, 9.17) is 11.6 Å². The Morgan fingerprint density at radius 3 is 2.22 bits per heavy atom. The second-order valence-electron chi connectivity index (χ2n) is 7.01. The number of fused-ring (bicyclic) bond motifs is 1. The van der Waals surface area contributed by atoms with Gasteiger partial charge in [0.05, 0.1) is 16.1 Å². The number of aromatic nitrogens is 3. The molecule has 0 unspecified atom stereocenters. The molecule has 1 aromatic heterocycles. The van der Waals surface area contributed by atoms with Gasteiger partial charge in [-0.05, 0) is 17.7 Å². The lowest BCUT2D eigenvalue weighted by molar-refractivity contribution is -0.148. The molecule has 2 heterocycles. The van der Waals surface area contributed by atoms with Gasteiger partial charge in [-0.1, -0.05) is 48.0 Å². The summed E-state index contributed by atoms with van der Waals surface area (Å²) in [7, 11) is 0. The fraction of sp³-hybridized carbons (Fsp3) is 0.250. The molecule has 0 saturated heterocycles. The number of hydrogen-bond donors (Lipinski definition) is 0. The van der Waals surface area contributed by atoms with Gasteiger partial charge in [0.15, 0.2) is 5.82 Å². The summed E-state index contributed by atoms with van der Waals surface area (Å²) >= 11 is 5.92. The van der Waals surface area contributed by atoms with Gasteiger partial charge in [0, 0.05) is 13.1 Å². The van der Waals surface area contributed by atoms with Crippen LogP contribution in [0.1, 0.15) is 39.2 Å². The summed E-state index contributed by atoms with van der Waals surface area (Å²) in [6.45, 7) is -0.512. The predicted octanol–water partition coefficient (Wildman–Crippen LogP) is 5.21. The molecule has 0 aliphatic carbocycles. The second-order valence-corrected chi connectivity index (χ2v) is 7.39. The van der Waals surface area contributed by atoms with Crippen LogP contribution in [-0.2, 0) is 18.9 Å². The van der Waals surface area contributed by atoms with Gasteiger partial charge < -0.3 is 9.47 Å². The number of alkyl halides is 6. The first-order chi connectivity index (χ1) is 15.0. The van der Waals surface area contributed by atoms with Crippen molar-refractivity contribution >= 4 is 17.5 Å². The predicted molar refractivity (Wildman–Crippen MR) is 101 cm³/mol. The minimum absolute atomic E-state index is 0.147. The van der Waals surface area contributed by atoms with Gasteiger partial charge >= 0.3 is 12.4 Å². The number of amides is 1. The van der Waals surface area contributed by atoms with Crippen molar-refractivity contribution in [1.29, 1.82) is 0 Å². The highest BCUT2D eigenvalue weighted by molar-refractivity contribution is 6.34. The third kappa shape index (κ3) is 3.81. The van der Waals surface area contributed by atoms with Gasteiger partial charge in [-0.25, -0.2) is 0 Å². The lowest BCUT2D eigenvalue weighted by Gasteiger charge is -2.36. The van der Waals surface area contributed by atoms with Gasteiger partial charge in [-0.2, -0.15) is 26.3 Å². The first-order valence-corrected chi connectivity index (χ1v) is 9.60. The maximum absolute atomic E-state index is 13.3. The maximum atomic E-state index is 13.3. The zero-order valence-corrected chi connectivity index (χ0v) is 16.7. The SMILES string of the molecule is O=C(c1cccc(C(F)(F)F)c1Cl)N1CCn2c(nnc2C(F)(F)F)[C@@H]1c1ccccc1. The number of benzene rings is 2. The average molecular weight is 475 g/mol.